The number of nitrogens with zero attached hydrogens (tertiary/aromatic N) is 4. The van der Waals surface area contributed by atoms with Gasteiger partial charge in [-0.15, -0.1) is 0 Å². The van der Waals surface area contributed by atoms with Crippen LogP contribution in [0.1, 0.15) is 26.3 Å². The second kappa shape index (κ2) is 6.96. The smallest absolute Gasteiger partial charge is 0.334 e. The Labute approximate surface area is 162 Å². The molecule has 0 N–H and O–H groups in total. The maximum atomic E-state index is 13.0. The van der Waals surface area contributed by atoms with Crippen molar-refractivity contribution in [3.05, 3.63) is 38.2 Å². The molecule has 0 aliphatic carbocycles. The molecule has 3 rings (SSSR count). The Bertz CT molecular complexity index is 984. The summed E-state index contributed by atoms with van der Waals surface area (Å²) in [7, 11) is 0. The second-order valence-corrected chi connectivity index (χ2v) is 8.92. The van der Waals surface area contributed by atoms with E-state index in [1.807, 2.05) is 4.90 Å². The number of nitro benzene ring substituents is 1. The van der Waals surface area contributed by atoms with Gasteiger partial charge in [-0.2, -0.15) is 18.2 Å². The van der Waals surface area contributed by atoms with Gasteiger partial charge in [-0.1, -0.05) is 32.1 Å². The van der Waals surface area contributed by atoms with E-state index in [1.54, 1.807) is 0 Å². The van der Waals surface area contributed by atoms with Crippen molar-refractivity contribution in [2.24, 2.45) is 5.41 Å². The highest BCUT2D eigenvalue weighted by atomic mass is 32.1. The molecule has 1 aromatic carbocycles. The number of nitro groups is 1. The predicted molar refractivity (Wildman–Crippen MR) is 101 cm³/mol. The van der Waals surface area contributed by atoms with Gasteiger partial charge in [0.15, 0.2) is 5.13 Å². The third-order valence-electron chi connectivity index (χ3n) is 4.24. The normalized spacial score (nSPS) is 16.1. The van der Waals surface area contributed by atoms with Crippen molar-refractivity contribution < 1.29 is 18.1 Å². The van der Waals surface area contributed by atoms with Gasteiger partial charge in [0.2, 0.25) is 0 Å². The van der Waals surface area contributed by atoms with Crippen LogP contribution in [0, 0.1) is 15.5 Å². The van der Waals surface area contributed by atoms with E-state index >= 15 is 0 Å². The molecule has 0 unspecified atom stereocenters. The summed E-state index contributed by atoms with van der Waals surface area (Å²) in [4.78, 5) is 30.7. The first-order chi connectivity index (χ1) is 12.8. The van der Waals surface area contributed by atoms with Crippen molar-refractivity contribution in [1.29, 1.82) is 0 Å². The van der Waals surface area contributed by atoms with Crippen LogP contribution < -0.4 is 10.5 Å². The quantitative estimate of drug-likeness (QED) is 0.561. The van der Waals surface area contributed by atoms with Gasteiger partial charge in [-0.3, -0.25) is 19.8 Å². The first-order valence-electron chi connectivity index (χ1n) is 8.53. The lowest BCUT2D eigenvalue weighted by atomic mass is 9.96. The van der Waals surface area contributed by atoms with Crippen molar-refractivity contribution in [3.63, 3.8) is 0 Å². The first-order valence-corrected chi connectivity index (χ1v) is 9.34. The number of fused-ring (bicyclic) bond motifs is 1. The fourth-order valence-electron chi connectivity index (χ4n) is 3.18. The molecule has 0 atom stereocenters. The van der Waals surface area contributed by atoms with Crippen molar-refractivity contribution in [3.8, 4) is 0 Å². The molecule has 2 aromatic rings. The molecule has 0 spiro atoms. The van der Waals surface area contributed by atoms with E-state index in [0.29, 0.717) is 25.3 Å². The second-order valence-electron chi connectivity index (χ2n) is 7.95. The van der Waals surface area contributed by atoms with Crippen LogP contribution in [-0.4, -0.2) is 41.1 Å². The molecule has 1 aromatic heterocycles. The Balaban J connectivity index is 2.05. The molecule has 11 heteroatoms. The van der Waals surface area contributed by atoms with E-state index in [0.717, 1.165) is 24.4 Å². The molecule has 1 saturated heterocycles. The number of hydrogen-bond donors (Lipinski definition) is 0. The van der Waals surface area contributed by atoms with Crippen LogP contribution in [0.15, 0.2) is 16.9 Å². The van der Waals surface area contributed by atoms with Crippen LogP contribution in [0.5, 0.6) is 0 Å². The molecule has 1 aliphatic rings. The minimum atomic E-state index is -4.79. The standard InChI is InChI=1S/C17H19F3N4O3S/c1-16(2,3)8-22-4-5-23(9-22)15-21-14(25)11-6-10(17(18,19)20)7-12(24(26)27)13(11)28-15/h6-7H,4-5,8-9H2,1-3H3. The van der Waals surface area contributed by atoms with Gasteiger partial charge in [-0.25, -0.2) is 0 Å². The van der Waals surface area contributed by atoms with E-state index < -0.39 is 27.9 Å². The summed E-state index contributed by atoms with van der Waals surface area (Å²) in [6.45, 7) is 8.95. The van der Waals surface area contributed by atoms with E-state index in [1.165, 1.54) is 0 Å². The average molecular weight is 416 g/mol. The van der Waals surface area contributed by atoms with Crippen LogP contribution in [0.2, 0.25) is 0 Å². The monoisotopic (exact) mass is 416 g/mol. The lowest BCUT2D eigenvalue weighted by molar-refractivity contribution is -0.383. The Kier molecular flexibility index (Phi) is 5.09. The highest BCUT2D eigenvalue weighted by Gasteiger charge is 2.34. The number of anilines is 1. The van der Waals surface area contributed by atoms with E-state index in [2.05, 4.69) is 30.7 Å². The lowest BCUT2D eigenvalue weighted by Gasteiger charge is -2.26. The Hall–Kier alpha value is -2.27. The topological polar surface area (TPSA) is 79.6 Å². The number of halogens is 3. The Morgan fingerprint density at radius 2 is 1.93 bits per heavy atom. The number of alkyl halides is 3. The van der Waals surface area contributed by atoms with Gasteiger partial charge in [0.25, 0.3) is 11.2 Å². The van der Waals surface area contributed by atoms with Gasteiger partial charge < -0.3 is 4.90 Å². The van der Waals surface area contributed by atoms with E-state index in [-0.39, 0.29) is 20.6 Å². The Morgan fingerprint density at radius 1 is 1.25 bits per heavy atom. The average Bonchev–Trinajstić information content (AvgIpc) is 2.99. The fraction of sp³-hybridized carbons (Fsp3) is 0.529. The molecule has 7 nitrogen and oxygen atoms in total. The molecule has 1 aliphatic heterocycles. The minimum absolute atomic E-state index is 0.0761. The number of rotatable bonds is 3. The molecule has 0 bridgehead atoms. The summed E-state index contributed by atoms with van der Waals surface area (Å²) in [5.74, 6) is 0. The number of benzene rings is 1. The van der Waals surface area contributed by atoms with Crippen LogP contribution >= 0.6 is 11.3 Å². The molecular weight excluding hydrogens is 397 g/mol. The summed E-state index contributed by atoms with van der Waals surface area (Å²) in [5.41, 5.74) is -2.79. The molecule has 152 valence electrons. The highest BCUT2D eigenvalue weighted by molar-refractivity contribution is 7.22. The Morgan fingerprint density at radius 3 is 2.50 bits per heavy atom. The van der Waals surface area contributed by atoms with Gasteiger partial charge in [0.05, 0.1) is 22.5 Å². The van der Waals surface area contributed by atoms with Crippen LogP contribution in [0.3, 0.4) is 0 Å². The summed E-state index contributed by atoms with van der Waals surface area (Å²) in [6, 6.07) is 1.10. The number of aromatic nitrogens is 1. The highest BCUT2D eigenvalue weighted by Crippen LogP contribution is 2.38. The summed E-state index contributed by atoms with van der Waals surface area (Å²) in [6.07, 6.45) is -4.79. The zero-order chi connectivity index (χ0) is 20.9. The van der Waals surface area contributed by atoms with Gasteiger partial charge in [0.1, 0.15) is 4.70 Å². The van der Waals surface area contributed by atoms with Crippen molar-refractivity contribution >= 4 is 32.2 Å². The minimum Gasteiger partial charge on any atom is -0.334 e. The van der Waals surface area contributed by atoms with Crippen molar-refractivity contribution in [1.82, 2.24) is 9.88 Å². The maximum absolute atomic E-state index is 13.0. The summed E-state index contributed by atoms with van der Waals surface area (Å²) in [5, 5.41) is 11.2. The van der Waals surface area contributed by atoms with Gasteiger partial charge in [0, 0.05) is 25.7 Å². The summed E-state index contributed by atoms with van der Waals surface area (Å²) < 4.78 is 39.0. The SMILES string of the molecule is CC(C)(C)CN1CCN(c2nc(=O)c3cc(C(F)(F)F)cc([N+](=O)[O-])c3s2)C1. The molecule has 0 amide bonds. The molecule has 0 radical (unpaired) electrons. The number of hydrogen-bond acceptors (Lipinski definition) is 7. The van der Waals surface area contributed by atoms with E-state index in [4.69, 9.17) is 0 Å². The molecular formula is C17H19F3N4O3S. The van der Waals surface area contributed by atoms with Crippen molar-refractivity contribution in [2.45, 2.75) is 26.9 Å². The third-order valence-corrected chi connectivity index (χ3v) is 5.40. The third kappa shape index (κ3) is 4.25. The summed E-state index contributed by atoms with van der Waals surface area (Å²) >= 11 is 0.872. The molecule has 28 heavy (non-hydrogen) atoms. The molecule has 0 saturated carbocycles. The zero-order valence-corrected chi connectivity index (χ0v) is 16.4. The van der Waals surface area contributed by atoms with Crippen LogP contribution in [-0.2, 0) is 6.18 Å². The predicted octanol–water partition coefficient (Wildman–Crippen LogP) is 3.71. The largest absolute Gasteiger partial charge is 0.416 e. The zero-order valence-electron chi connectivity index (χ0n) is 15.5. The molecule has 2 heterocycles. The fourth-order valence-corrected chi connectivity index (χ4v) is 4.26. The number of non-ortho nitro benzene ring substituents is 1. The van der Waals surface area contributed by atoms with Gasteiger partial charge in [-0.05, 0) is 11.5 Å². The first kappa shape index (κ1) is 20.5. The van der Waals surface area contributed by atoms with E-state index in [9.17, 15) is 28.1 Å². The maximum Gasteiger partial charge on any atom is 0.416 e. The van der Waals surface area contributed by atoms with Gasteiger partial charge >= 0.3 is 6.18 Å². The van der Waals surface area contributed by atoms with Crippen molar-refractivity contribution in [2.75, 3.05) is 31.2 Å². The van der Waals surface area contributed by atoms with Crippen LogP contribution in [0.4, 0.5) is 24.0 Å². The lowest BCUT2D eigenvalue weighted by Crippen LogP contribution is -2.33. The van der Waals surface area contributed by atoms with Crippen LogP contribution in [0.25, 0.3) is 10.1 Å². The molecule has 1 fully saturated rings.